The summed E-state index contributed by atoms with van der Waals surface area (Å²) >= 11 is 0. The van der Waals surface area contributed by atoms with Crippen LogP contribution in [0.2, 0.25) is 0 Å². The van der Waals surface area contributed by atoms with Crippen LogP contribution in [-0.4, -0.2) is 0 Å². The number of rotatable bonds is 0. The smallest absolute Gasteiger partial charge is 0.00515 e. The molecule has 0 heterocycles. The average Bonchev–Trinajstić information content (AvgIpc) is 2.54. The second kappa shape index (κ2) is 3.86. The van der Waals surface area contributed by atoms with Crippen LogP contribution in [0, 0.1) is 17.3 Å². The van der Waals surface area contributed by atoms with Crippen molar-refractivity contribution in [2.24, 2.45) is 17.3 Å². The molecule has 0 nitrogen and oxygen atoms in total. The Balaban J connectivity index is 2.05. The highest BCUT2D eigenvalue weighted by Gasteiger charge is 2.49. The first-order chi connectivity index (χ1) is 8.15. The van der Waals surface area contributed by atoms with Crippen molar-refractivity contribution in [3.63, 3.8) is 0 Å². The minimum Gasteiger partial charge on any atom is -0.0767 e. The Hall–Kier alpha value is -0.780. The van der Waals surface area contributed by atoms with E-state index in [1.54, 1.807) is 11.1 Å². The molecular formula is C17H24. The molecule has 3 aliphatic carbocycles. The second-order valence-electron chi connectivity index (χ2n) is 6.35. The molecule has 2 unspecified atom stereocenters. The number of hydrogen-bond donors (Lipinski definition) is 0. The molecule has 0 N–H and O–H groups in total. The van der Waals surface area contributed by atoms with E-state index < -0.39 is 0 Å². The molecule has 0 radical (unpaired) electrons. The van der Waals surface area contributed by atoms with Crippen LogP contribution in [-0.2, 0) is 0 Å². The molecule has 2 atom stereocenters. The summed E-state index contributed by atoms with van der Waals surface area (Å²) in [6.45, 7) is 7.04. The summed E-state index contributed by atoms with van der Waals surface area (Å²) in [5.41, 5.74) is 5.39. The van der Waals surface area contributed by atoms with Gasteiger partial charge in [0.25, 0.3) is 0 Å². The van der Waals surface area contributed by atoms with E-state index in [-0.39, 0.29) is 0 Å². The van der Waals surface area contributed by atoms with E-state index in [0.717, 1.165) is 5.92 Å². The lowest BCUT2D eigenvalue weighted by Crippen LogP contribution is -2.32. The van der Waals surface area contributed by atoms with Crippen LogP contribution < -0.4 is 0 Å². The summed E-state index contributed by atoms with van der Waals surface area (Å²) in [6.07, 6.45) is 14.5. The van der Waals surface area contributed by atoms with Crippen LogP contribution in [0.3, 0.4) is 0 Å². The standard InChI is InChI=1S/C17H24/c1-12-7-8-15-13(2)14(3)17(16(15)11-12)9-5-4-6-10-17/h7-8,11,15-16H,4-6,9-10H2,1-3H3. The molecule has 1 saturated carbocycles. The molecule has 0 aromatic rings. The van der Waals surface area contributed by atoms with Gasteiger partial charge in [-0.1, -0.05) is 54.2 Å². The average molecular weight is 228 g/mol. The maximum absolute atomic E-state index is 2.57. The van der Waals surface area contributed by atoms with Gasteiger partial charge in [-0.25, -0.2) is 0 Å². The van der Waals surface area contributed by atoms with Crippen LogP contribution in [0.15, 0.2) is 34.9 Å². The highest BCUT2D eigenvalue weighted by Crippen LogP contribution is 2.59. The minimum absolute atomic E-state index is 0.527. The predicted molar refractivity (Wildman–Crippen MR) is 73.8 cm³/mol. The molecule has 1 fully saturated rings. The second-order valence-corrected chi connectivity index (χ2v) is 6.35. The molecule has 0 aromatic heterocycles. The topological polar surface area (TPSA) is 0 Å². The first kappa shape index (κ1) is 11.3. The summed E-state index contributed by atoms with van der Waals surface area (Å²) < 4.78 is 0. The third-order valence-electron chi connectivity index (χ3n) is 5.62. The lowest BCUT2D eigenvalue weighted by Gasteiger charge is -2.42. The Morgan fingerprint density at radius 2 is 1.76 bits per heavy atom. The first-order valence-corrected chi connectivity index (χ1v) is 7.20. The molecule has 3 aliphatic rings. The van der Waals surface area contributed by atoms with Crippen molar-refractivity contribution in [3.05, 3.63) is 34.9 Å². The van der Waals surface area contributed by atoms with Gasteiger partial charge in [0, 0.05) is 5.92 Å². The Morgan fingerprint density at radius 3 is 2.47 bits per heavy atom. The molecule has 0 aliphatic heterocycles. The van der Waals surface area contributed by atoms with Crippen LogP contribution in [0.4, 0.5) is 0 Å². The third kappa shape index (κ3) is 1.49. The van der Waals surface area contributed by atoms with Gasteiger partial charge in [-0.15, -0.1) is 0 Å². The zero-order valence-corrected chi connectivity index (χ0v) is 11.4. The molecule has 0 saturated heterocycles. The highest BCUT2D eigenvalue weighted by molar-refractivity contribution is 5.41. The summed E-state index contributed by atoms with van der Waals surface area (Å²) in [7, 11) is 0. The summed E-state index contributed by atoms with van der Waals surface area (Å²) in [5.74, 6) is 1.48. The van der Waals surface area contributed by atoms with Gasteiger partial charge < -0.3 is 0 Å². The minimum atomic E-state index is 0.527. The van der Waals surface area contributed by atoms with Crippen molar-refractivity contribution < 1.29 is 0 Å². The quantitative estimate of drug-likeness (QED) is 0.510. The van der Waals surface area contributed by atoms with Gasteiger partial charge in [-0.2, -0.15) is 0 Å². The lowest BCUT2D eigenvalue weighted by molar-refractivity contribution is 0.173. The maximum atomic E-state index is 2.57. The van der Waals surface area contributed by atoms with E-state index in [1.165, 1.54) is 37.7 Å². The van der Waals surface area contributed by atoms with E-state index in [1.807, 2.05) is 0 Å². The Morgan fingerprint density at radius 1 is 1.06 bits per heavy atom. The fourth-order valence-corrected chi connectivity index (χ4v) is 4.52. The van der Waals surface area contributed by atoms with Gasteiger partial charge in [0.2, 0.25) is 0 Å². The maximum Gasteiger partial charge on any atom is 0.00515 e. The summed E-state index contributed by atoms with van der Waals surface area (Å²) in [6, 6.07) is 0. The van der Waals surface area contributed by atoms with E-state index in [4.69, 9.17) is 0 Å². The van der Waals surface area contributed by atoms with Crippen molar-refractivity contribution in [2.45, 2.75) is 52.9 Å². The number of hydrogen-bond acceptors (Lipinski definition) is 0. The zero-order chi connectivity index (χ0) is 12.0. The van der Waals surface area contributed by atoms with Crippen molar-refractivity contribution in [1.29, 1.82) is 0 Å². The van der Waals surface area contributed by atoms with Gasteiger partial charge in [0.05, 0.1) is 0 Å². The van der Waals surface area contributed by atoms with Gasteiger partial charge in [0.15, 0.2) is 0 Å². The van der Waals surface area contributed by atoms with Crippen molar-refractivity contribution in [1.82, 2.24) is 0 Å². The van der Waals surface area contributed by atoms with Gasteiger partial charge in [-0.05, 0) is 44.9 Å². The lowest BCUT2D eigenvalue weighted by atomic mass is 9.62. The van der Waals surface area contributed by atoms with Crippen molar-refractivity contribution in [2.75, 3.05) is 0 Å². The Bertz CT molecular complexity index is 413. The fraction of sp³-hybridized carbons (Fsp3) is 0.647. The van der Waals surface area contributed by atoms with Gasteiger partial charge in [0.1, 0.15) is 0 Å². The van der Waals surface area contributed by atoms with Crippen molar-refractivity contribution in [3.8, 4) is 0 Å². The van der Waals surface area contributed by atoms with Gasteiger partial charge in [-0.3, -0.25) is 0 Å². The van der Waals surface area contributed by atoms with Crippen LogP contribution in [0.1, 0.15) is 52.9 Å². The number of fused-ring (bicyclic) bond motifs is 2. The van der Waals surface area contributed by atoms with E-state index in [0.29, 0.717) is 11.3 Å². The van der Waals surface area contributed by atoms with E-state index in [9.17, 15) is 0 Å². The summed E-state index contributed by atoms with van der Waals surface area (Å²) in [4.78, 5) is 0. The van der Waals surface area contributed by atoms with Crippen molar-refractivity contribution >= 4 is 0 Å². The molecule has 3 rings (SSSR count). The van der Waals surface area contributed by atoms with Crippen LogP contribution in [0.5, 0.6) is 0 Å². The third-order valence-corrected chi connectivity index (χ3v) is 5.62. The SMILES string of the molecule is CC1=CC2C(C=C1)C(C)=C(C)C21CCCCC1. The molecule has 0 amide bonds. The largest absolute Gasteiger partial charge is 0.0767 e. The fourth-order valence-electron chi connectivity index (χ4n) is 4.52. The molecular weight excluding hydrogens is 204 g/mol. The normalized spacial score (nSPS) is 35.1. The molecule has 0 bridgehead atoms. The molecule has 0 heteroatoms. The van der Waals surface area contributed by atoms with Crippen LogP contribution in [0.25, 0.3) is 0 Å². The molecule has 17 heavy (non-hydrogen) atoms. The molecule has 92 valence electrons. The molecule has 0 aromatic carbocycles. The number of allylic oxidation sites excluding steroid dienone is 6. The summed E-state index contributed by atoms with van der Waals surface area (Å²) in [5, 5.41) is 0. The monoisotopic (exact) mass is 228 g/mol. The van der Waals surface area contributed by atoms with E-state index >= 15 is 0 Å². The Kier molecular flexibility index (Phi) is 2.57. The predicted octanol–water partition coefficient (Wildman–Crippen LogP) is 5.04. The molecule has 1 spiro atoms. The first-order valence-electron chi connectivity index (χ1n) is 7.20. The van der Waals surface area contributed by atoms with Crippen LogP contribution >= 0.6 is 0 Å². The van der Waals surface area contributed by atoms with Gasteiger partial charge >= 0.3 is 0 Å². The highest BCUT2D eigenvalue weighted by atomic mass is 14.5. The Labute approximate surface area is 105 Å². The van der Waals surface area contributed by atoms with E-state index in [2.05, 4.69) is 39.0 Å². The zero-order valence-electron chi connectivity index (χ0n) is 11.4.